The van der Waals surface area contributed by atoms with Crippen molar-refractivity contribution < 1.29 is 23.8 Å². The number of nitrogens with one attached hydrogen (secondary N) is 1. The zero-order valence-electron chi connectivity index (χ0n) is 19.3. The molecule has 4 aromatic rings. The van der Waals surface area contributed by atoms with Gasteiger partial charge in [0.05, 0.1) is 0 Å². The lowest BCUT2D eigenvalue weighted by Crippen LogP contribution is -2.41. The molecule has 3 aromatic carbocycles. The maximum atomic E-state index is 12.4. The minimum absolute atomic E-state index is 0.134. The first-order valence-corrected chi connectivity index (χ1v) is 11.7. The third kappa shape index (κ3) is 7.10. The van der Waals surface area contributed by atoms with E-state index in [4.69, 9.17) is 20.8 Å². The largest absolute Gasteiger partial charge is 0.489 e. The summed E-state index contributed by atoms with van der Waals surface area (Å²) in [5.74, 6) is 0.121. The molecule has 0 aliphatic rings. The first kappa shape index (κ1) is 24.8. The van der Waals surface area contributed by atoms with Crippen LogP contribution in [0.5, 0.6) is 5.75 Å². The Morgan fingerprint density at radius 2 is 1.64 bits per heavy atom. The number of hydrogen-bond donors (Lipinski definition) is 2. The highest BCUT2D eigenvalue weighted by atomic mass is 35.5. The van der Waals surface area contributed by atoms with Gasteiger partial charge in [0.25, 0.3) is 0 Å². The molecule has 0 aliphatic carbocycles. The molecule has 0 bridgehead atoms. The molecule has 6 nitrogen and oxygen atoms in total. The molecule has 7 heteroatoms. The first-order chi connectivity index (χ1) is 17.5. The van der Waals surface area contributed by atoms with E-state index in [0.717, 1.165) is 16.7 Å². The Kier molecular flexibility index (Phi) is 8.21. The van der Waals surface area contributed by atoms with Gasteiger partial charge in [-0.25, -0.2) is 4.79 Å². The van der Waals surface area contributed by atoms with E-state index in [2.05, 4.69) is 5.32 Å². The molecule has 182 valence electrons. The summed E-state index contributed by atoms with van der Waals surface area (Å²) in [5, 5.41) is 12.7. The summed E-state index contributed by atoms with van der Waals surface area (Å²) in [6.45, 7) is 0.442. The molecule has 0 saturated carbocycles. The Labute approximate surface area is 213 Å². The topological polar surface area (TPSA) is 88.8 Å². The van der Waals surface area contributed by atoms with Crippen LogP contribution >= 0.6 is 11.6 Å². The Morgan fingerprint density at radius 1 is 0.917 bits per heavy atom. The number of furan rings is 1. The van der Waals surface area contributed by atoms with Crippen molar-refractivity contribution in [2.45, 2.75) is 19.1 Å². The molecule has 1 amide bonds. The Balaban J connectivity index is 1.31. The summed E-state index contributed by atoms with van der Waals surface area (Å²) < 4.78 is 11.5. The Morgan fingerprint density at radius 3 is 2.33 bits per heavy atom. The molecule has 0 aliphatic heterocycles. The van der Waals surface area contributed by atoms with Crippen LogP contribution < -0.4 is 10.1 Å². The molecule has 0 fully saturated rings. The van der Waals surface area contributed by atoms with E-state index in [1.165, 1.54) is 12.2 Å². The Bertz CT molecular complexity index is 1330. The SMILES string of the molecule is O=C(C=Cc1ccc(-c2ccc(Cl)cc2)o1)N[C@@H](Cc1ccc(OCc2ccccc2)cc1)C(=O)O. The van der Waals surface area contributed by atoms with Crippen molar-refractivity contribution in [1.82, 2.24) is 5.32 Å². The maximum absolute atomic E-state index is 12.4. The number of aliphatic carboxylic acids is 1. The van der Waals surface area contributed by atoms with Gasteiger partial charge in [0.1, 0.15) is 29.9 Å². The molecular formula is C29H24ClNO5. The number of ether oxygens (including phenoxy) is 1. The van der Waals surface area contributed by atoms with E-state index in [-0.39, 0.29) is 6.42 Å². The number of benzene rings is 3. The minimum Gasteiger partial charge on any atom is -0.489 e. The van der Waals surface area contributed by atoms with Crippen LogP contribution in [0.25, 0.3) is 17.4 Å². The first-order valence-electron chi connectivity index (χ1n) is 11.3. The van der Waals surface area contributed by atoms with Crippen LogP contribution in [0.4, 0.5) is 0 Å². The predicted molar refractivity (Wildman–Crippen MR) is 139 cm³/mol. The average Bonchev–Trinajstić information content (AvgIpc) is 3.37. The van der Waals surface area contributed by atoms with Gasteiger partial charge in [-0.15, -0.1) is 0 Å². The summed E-state index contributed by atoms with van der Waals surface area (Å²) >= 11 is 5.91. The highest BCUT2D eigenvalue weighted by Crippen LogP contribution is 2.24. The molecular weight excluding hydrogens is 478 g/mol. The second-order valence-corrected chi connectivity index (χ2v) is 8.50. The normalized spacial score (nSPS) is 11.8. The van der Waals surface area contributed by atoms with Crippen LogP contribution in [0.3, 0.4) is 0 Å². The number of carbonyl (C=O) groups is 2. The van der Waals surface area contributed by atoms with Crippen LogP contribution in [0.15, 0.2) is 101 Å². The van der Waals surface area contributed by atoms with Crippen molar-refractivity contribution in [3.8, 4) is 17.1 Å². The summed E-state index contributed by atoms with van der Waals surface area (Å²) in [6.07, 6.45) is 2.88. The average molecular weight is 502 g/mol. The van der Waals surface area contributed by atoms with Gasteiger partial charge in [0, 0.05) is 23.1 Å². The monoisotopic (exact) mass is 501 g/mol. The van der Waals surface area contributed by atoms with Crippen LogP contribution in [0.1, 0.15) is 16.9 Å². The molecule has 2 N–H and O–H groups in total. The number of amides is 1. The fourth-order valence-electron chi connectivity index (χ4n) is 3.49. The fourth-order valence-corrected chi connectivity index (χ4v) is 3.61. The number of carboxylic acids is 1. The van der Waals surface area contributed by atoms with E-state index in [9.17, 15) is 14.7 Å². The molecule has 0 saturated heterocycles. The van der Waals surface area contributed by atoms with Gasteiger partial charge in [-0.3, -0.25) is 4.79 Å². The number of hydrogen-bond acceptors (Lipinski definition) is 4. The molecule has 36 heavy (non-hydrogen) atoms. The lowest BCUT2D eigenvalue weighted by Gasteiger charge is -2.14. The van der Waals surface area contributed by atoms with Crippen molar-refractivity contribution in [1.29, 1.82) is 0 Å². The zero-order chi connectivity index (χ0) is 25.3. The Hall–Kier alpha value is -4.29. The molecule has 0 spiro atoms. The lowest BCUT2D eigenvalue weighted by molar-refractivity contribution is -0.141. The predicted octanol–water partition coefficient (Wildman–Crippen LogP) is 6.00. The van der Waals surface area contributed by atoms with Crippen LogP contribution in [0.2, 0.25) is 5.02 Å². The third-order valence-corrected chi connectivity index (χ3v) is 5.63. The van der Waals surface area contributed by atoms with Crippen LogP contribution in [-0.4, -0.2) is 23.0 Å². The fraction of sp³-hybridized carbons (Fsp3) is 0.103. The van der Waals surface area contributed by atoms with Crippen molar-refractivity contribution in [2.24, 2.45) is 0 Å². The van der Waals surface area contributed by atoms with E-state index in [0.29, 0.717) is 28.9 Å². The molecule has 1 atom stereocenters. The van der Waals surface area contributed by atoms with Crippen molar-refractivity contribution in [3.05, 3.63) is 119 Å². The van der Waals surface area contributed by atoms with E-state index in [1.54, 1.807) is 48.5 Å². The van der Waals surface area contributed by atoms with Gasteiger partial charge in [0.2, 0.25) is 5.91 Å². The summed E-state index contributed by atoms with van der Waals surface area (Å²) in [6, 6.07) is 26.6. The standard InChI is InChI=1S/C29H24ClNO5/c30-23-10-8-22(9-11-23)27-16-14-25(36-27)15-17-28(32)31-26(29(33)34)18-20-6-12-24(13-7-20)35-19-21-4-2-1-3-5-21/h1-17,26H,18-19H2,(H,31,32)(H,33,34)/t26-/m0/s1. The number of carboxylic acid groups (broad SMARTS) is 1. The maximum Gasteiger partial charge on any atom is 0.326 e. The van der Waals surface area contributed by atoms with Gasteiger partial charge in [0.15, 0.2) is 0 Å². The van der Waals surface area contributed by atoms with Crippen molar-refractivity contribution in [3.63, 3.8) is 0 Å². The van der Waals surface area contributed by atoms with Gasteiger partial charge < -0.3 is 19.6 Å². The molecule has 1 heterocycles. The minimum atomic E-state index is -1.12. The van der Waals surface area contributed by atoms with Crippen molar-refractivity contribution >= 4 is 29.6 Å². The van der Waals surface area contributed by atoms with Crippen LogP contribution in [-0.2, 0) is 22.6 Å². The highest BCUT2D eigenvalue weighted by Gasteiger charge is 2.19. The van der Waals surface area contributed by atoms with Gasteiger partial charge >= 0.3 is 5.97 Å². The second kappa shape index (κ2) is 11.9. The summed E-state index contributed by atoms with van der Waals surface area (Å²) in [5.41, 5.74) is 2.67. The van der Waals surface area contributed by atoms with Gasteiger partial charge in [-0.2, -0.15) is 0 Å². The molecule has 0 unspecified atom stereocenters. The van der Waals surface area contributed by atoms with Crippen LogP contribution in [0, 0.1) is 0 Å². The number of halogens is 1. The van der Waals surface area contributed by atoms with E-state index in [1.807, 2.05) is 42.5 Å². The summed E-state index contributed by atoms with van der Waals surface area (Å²) in [7, 11) is 0. The third-order valence-electron chi connectivity index (χ3n) is 5.38. The van der Waals surface area contributed by atoms with E-state index < -0.39 is 17.9 Å². The smallest absolute Gasteiger partial charge is 0.326 e. The van der Waals surface area contributed by atoms with Gasteiger partial charge in [-0.05, 0) is 65.7 Å². The highest BCUT2D eigenvalue weighted by molar-refractivity contribution is 6.30. The van der Waals surface area contributed by atoms with Crippen molar-refractivity contribution in [2.75, 3.05) is 0 Å². The lowest BCUT2D eigenvalue weighted by atomic mass is 10.1. The number of rotatable bonds is 10. The molecule has 1 aromatic heterocycles. The number of carbonyl (C=O) groups excluding carboxylic acids is 1. The second-order valence-electron chi connectivity index (χ2n) is 8.06. The molecule has 4 rings (SSSR count). The quantitative estimate of drug-likeness (QED) is 0.260. The van der Waals surface area contributed by atoms with Gasteiger partial charge in [-0.1, -0.05) is 54.1 Å². The molecule has 0 radical (unpaired) electrons. The zero-order valence-corrected chi connectivity index (χ0v) is 20.0. The summed E-state index contributed by atoms with van der Waals surface area (Å²) in [4.78, 5) is 24.1. The van der Waals surface area contributed by atoms with E-state index >= 15 is 0 Å².